The lowest BCUT2D eigenvalue weighted by Gasteiger charge is -2.43. The number of urea groups is 1. The number of halogens is 1. The highest BCUT2D eigenvalue weighted by molar-refractivity contribution is 9.12. The normalized spacial score (nSPS) is 28.9. The minimum atomic E-state index is -1.12. The van der Waals surface area contributed by atoms with Gasteiger partial charge in [-0.25, -0.2) is 4.79 Å². The van der Waals surface area contributed by atoms with Gasteiger partial charge in [0.25, 0.3) is 0 Å². The van der Waals surface area contributed by atoms with Crippen molar-refractivity contribution in [3.8, 4) is 11.5 Å². The first-order chi connectivity index (χ1) is 17.2. The van der Waals surface area contributed by atoms with E-state index < -0.39 is 41.5 Å². The third-order valence-corrected chi connectivity index (χ3v) is 8.29. The molecule has 10 heteroatoms. The zero-order valence-corrected chi connectivity index (χ0v) is 20.3. The number of imide groups is 3. The number of Topliss-reactive ketones (excluding diaryl/α,β-unsaturated/α-hetero) is 1. The highest BCUT2D eigenvalue weighted by Crippen LogP contribution is 2.54. The fraction of sp³-hybridized carbons (Fsp3) is 0.269. The first-order valence-electron chi connectivity index (χ1n) is 11.4. The maximum absolute atomic E-state index is 13.3. The standard InChI is InChI=1S/C26H19BrN2O7/c27-17-8-18(31)22-16(23(17)32)7-15-13(2-3-14-21(15)25(34)29(24(14)33)26(28)35)20(22)11-5-10-6-12(30)1-4-19(10)36-9-11/h1-2,4,6,8-9,14-15,20-21,30H,3,5,7H2,(H2,28,35). The highest BCUT2D eigenvalue weighted by Gasteiger charge is 2.57. The molecular weight excluding hydrogens is 532 g/mol. The molecule has 1 aromatic rings. The Labute approximate surface area is 213 Å². The smallest absolute Gasteiger partial charge is 0.328 e. The van der Waals surface area contributed by atoms with Crippen molar-refractivity contribution in [2.24, 2.45) is 29.4 Å². The summed E-state index contributed by atoms with van der Waals surface area (Å²) in [6, 6.07) is 3.62. The summed E-state index contributed by atoms with van der Waals surface area (Å²) in [7, 11) is 0. The third kappa shape index (κ3) is 3.10. The summed E-state index contributed by atoms with van der Waals surface area (Å²) in [5, 5.41) is 9.97. The van der Waals surface area contributed by atoms with E-state index in [1.807, 2.05) is 6.08 Å². The SMILES string of the molecule is NC(=O)N1C(=O)C2CC=C3C(C4=COc5ccc(O)cc5C4)C4=C(CC3C2C1=O)C(=O)C(Br)=CC4=O. The molecular formula is C26H19BrN2O7. The van der Waals surface area contributed by atoms with E-state index in [9.17, 15) is 29.1 Å². The molecule has 1 saturated heterocycles. The van der Waals surface area contributed by atoms with E-state index >= 15 is 0 Å². The van der Waals surface area contributed by atoms with Gasteiger partial charge < -0.3 is 15.6 Å². The van der Waals surface area contributed by atoms with Crippen molar-refractivity contribution in [3.63, 3.8) is 0 Å². The molecule has 36 heavy (non-hydrogen) atoms. The number of allylic oxidation sites excluding steroid dienone is 7. The Morgan fingerprint density at radius 3 is 2.67 bits per heavy atom. The number of hydrogen-bond donors (Lipinski definition) is 2. The average Bonchev–Trinajstić information content (AvgIpc) is 3.10. The lowest BCUT2D eigenvalue weighted by Crippen LogP contribution is -2.43. The van der Waals surface area contributed by atoms with Gasteiger partial charge in [-0.1, -0.05) is 11.6 Å². The van der Waals surface area contributed by atoms with Crippen LogP contribution < -0.4 is 10.5 Å². The number of amides is 4. The number of nitrogens with zero attached hydrogens (tertiary/aromatic N) is 1. The molecule has 4 unspecified atom stereocenters. The fourth-order valence-corrected chi connectivity index (χ4v) is 6.68. The van der Waals surface area contributed by atoms with Crippen LogP contribution in [-0.2, 0) is 25.6 Å². The minimum Gasteiger partial charge on any atom is -0.508 e. The van der Waals surface area contributed by atoms with Crippen LogP contribution in [0.1, 0.15) is 18.4 Å². The quantitative estimate of drug-likeness (QED) is 0.310. The number of aromatic hydroxyl groups is 1. The lowest BCUT2D eigenvalue weighted by atomic mass is 9.59. The van der Waals surface area contributed by atoms with E-state index in [0.717, 1.165) is 5.57 Å². The molecule has 182 valence electrons. The molecule has 5 aliphatic rings. The number of carbonyl (C=O) groups is 5. The van der Waals surface area contributed by atoms with E-state index in [-0.39, 0.29) is 40.2 Å². The van der Waals surface area contributed by atoms with Crippen LogP contribution in [0.25, 0.3) is 0 Å². The summed E-state index contributed by atoms with van der Waals surface area (Å²) in [4.78, 5) is 64.9. The van der Waals surface area contributed by atoms with Crippen LogP contribution in [0.2, 0.25) is 0 Å². The van der Waals surface area contributed by atoms with Crippen molar-refractivity contribution in [2.45, 2.75) is 19.3 Å². The number of carbonyl (C=O) groups excluding carboxylic acids is 5. The first kappa shape index (κ1) is 22.7. The Balaban J connectivity index is 1.49. The van der Waals surface area contributed by atoms with Crippen LogP contribution in [0.15, 0.2) is 63.4 Å². The highest BCUT2D eigenvalue weighted by atomic mass is 79.9. The van der Waals surface area contributed by atoms with Crippen LogP contribution in [0.3, 0.4) is 0 Å². The van der Waals surface area contributed by atoms with Crippen molar-refractivity contribution in [3.05, 3.63) is 69.0 Å². The van der Waals surface area contributed by atoms with Crippen LogP contribution in [0.5, 0.6) is 11.5 Å². The second kappa shape index (κ2) is 7.86. The van der Waals surface area contributed by atoms with Crippen molar-refractivity contribution in [1.82, 2.24) is 4.90 Å². The van der Waals surface area contributed by atoms with E-state index in [4.69, 9.17) is 10.5 Å². The van der Waals surface area contributed by atoms with Gasteiger partial charge in [-0.15, -0.1) is 0 Å². The first-order valence-corrected chi connectivity index (χ1v) is 12.2. The number of phenols is 1. The zero-order valence-electron chi connectivity index (χ0n) is 18.7. The average molecular weight is 551 g/mol. The molecule has 6 rings (SSSR count). The molecule has 2 aliphatic heterocycles. The van der Waals surface area contributed by atoms with Gasteiger partial charge in [0.1, 0.15) is 11.5 Å². The van der Waals surface area contributed by atoms with E-state index in [2.05, 4.69) is 15.9 Å². The molecule has 0 spiro atoms. The topological polar surface area (TPSA) is 144 Å². The van der Waals surface area contributed by atoms with Crippen LogP contribution in [0.4, 0.5) is 4.79 Å². The molecule has 2 heterocycles. The Morgan fingerprint density at radius 1 is 1.14 bits per heavy atom. The number of nitrogens with two attached hydrogens (primary N) is 1. The zero-order chi connectivity index (χ0) is 25.5. The number of hydrogen-bond acceptors (Lipinski definition) is 7. The van der Waals surface area contributed by atoms with Gasteiger partial charge in [0, 0.05) is 35.1 Å². The van der Waals surface area contributed by atoms with Crippen molar-refractivity contribution < 1.29 is 33.8 Å². The molecule has 3 aliphatic carbocycles. The van der Waals surface area contributed by atoms with E-state index in [0.29, 0.717) is 33.8 Å². The number of ketones is 2. The number of ether oxygens (including phenoxy) is 1. The lowest BCUT2D eigenvalue weighted by molar-refractivity contribution is -0.136. The number of primary amides is 1. The van der Waals surface area contributed by atoms with E-state index in [1.165, 1.54) is 12.1 Å². The molecule has 3 N–H and O–H groups in total. The van der Waals surface area contributed by atoms with Gasteiger partial charge in [-0.05, 0) is 58.5 Å². The van der Waals surface area contributed by atoms with Gasteiger partial charge in [-0.2, -0.15) is 4.90 Å². The second-order valence-corrected chi connectivity index (χ2v) is 10.4. The van der Waals surface area contributed by atoms with Gasteiger partial charge in [0.05, 0.1) is 22.6 Å². The Morgan fingerprint density at radius 2 is 1.92 bits per heavy atom. The number of benzene rings is 1. The van der Waals surface area contributed by atoms with Gasteiger partial charge in [-0.3, -0.25) is 19.2 Å². The molecule has 4 atom stereocenters. The van der Waals surface area contributed by atoms with Crippen LogP contribution in [0, 0.1) is 23.7 Å². The van der Waals surface area contributed by atoms with Crippen molar-refractivity contribution in [2.75, 3.05) is 0 Å². The molecule has 1 fully saturated rings. The predicted octanol–water partition coefficient (Wildman–Crippen LogP) is 2.58. The Bertz CT molecular complexity index is 1450. The molecule has 0 saturated carbocycles. The second-order valence-electron chi connectivity index (χ2n) is 9.52. The molecule has 0 radical (unpaired) electrons. The number of likely N-dealkylation sites (tertiary alicyclic amines) is 1. The summed E-state index contributed by atoms with van der Waals surface area (Å²) in [5.74, 6) is -4.21. The van der Waals surface area contributed by atoms with Crippen molar-refractivity contribution >= 4 is 45.3 Å². The monoisotopic (exact) mass is 550 g/mol. The summed E-state index contributed by atoms with van der Waals surface area (Å²) in [6.07, 6.45) is 5.28. The van der Waals surface area contributed by atoms with Gasteiger partial charge in [0.2, 0.25) is 11.8 Å². The Hall–Kier alpha value is -3.79. The van der Waals surface area contributed by atoms with Crippen LogP contribution in [-0.4, -0.2) is 39.4 Å². The maximum atomic E-state index is 13.3. The largest absolute Gasteiger partial charge is 0.508 e. The summed E-state index contributed by atoms with van der Waals surface area (Å²) < 4.78 is 5.95. The molecule has 9 nitrogen and oxygen atoms in total. The fourth-order valence-electron chi connectivity index (χ4n) is 6.23. The molecule has 0 bridgehead atoms. The summed E-state index contributed by atoms with van der Waals surface area (Å²) >= 11 is 3.18. The molecule has 4 amide bonds. The molecule has 0 aromatic heterocycles. The number of fused-ring (bicyclic) bond motifs is 4. The predicted molar refractivity (Wildman–Crippen MR) is 127 cm³/mol. The summed E-state index contributed by atoms with van der Waals surface area (Å²) in [6.45, 7) is 0. The number of rotatable bonds is 1. The Kier molecular flexibility index (Phi) is 4.95. The van der Waals surface area contributed by atoms with Crippen molar-refractivity contribution in [1.29, 1.82) is 0 Å². The maximum Gasteiger partial charge on any atom is 0.328 e. The summed E-state index contributed by atoms with van der Waals surface area (Å²) in [5.41, 5.74) is 8.08. The minimum absolute atomic E-state index is 0.0668. The number of phenolic OH excluding ortho intramolecular Hbond substituents is 1. The van der Waals surface area contributed by atoms with Gasteiger partial charge in [0.15, 0.2) is 11.6 Å². The van der Waals surface area contributed by atoms with Gasteiger partial charge >= 0.3 is 6.03 Å². The third-order valence-electron chi connectivity index (χ3n) is 7.70. The molecule has 1 aromatic carbocycles. The van der Waals surface area contributed by atoms with Crippen LogP contribution >= 0.6 is 15.9 Å². The van der Waals surface area contributed by atoms with E-state index in [1.54, 1.807) is 18.4 Å².